The lowest BCUT2D eigenvalue weighted by molar-refractivity contribution is 0.102. The largest absolute Gasteiger partial charge is 0.493 e. The van der Waals surface area contributed by atoms with Crippen LogP contribution in [-0.4, -0.2) is 28.5 Å². The highest BCUT2D eigenvalue weighted by Crippen LogP contribution is 2.30. The van der Waals surface area contributed by atoms with Crippen LogP contribution in [0.3, 0.4) is 0 Å². The number of anilines is 2. The number of ether oxygens (including phenoxy) is 2. The molecule has 7 nitrogen and oxygen atoms in total. The number of hydrogen-bond acceptors (Lipinski definition) is 5. The van der Waals surface area contributed by atoms with E-state index in [9.17, 15) is 17.6 Å². The smallest absolute Gasteiger partial charge is 0.261 e. The molecule has 3 aromatic carbocycles. The Bertz CT molecular complexity index is 1160. The predicted molar refractivity (Wildman–Crippen MR) is 111 cm³/mol. The summed E-state index contributed by atoms with van der Waals surface area (Å²) in [5, 5.41) is 2.69. The van der Waals surface area contributed by atoms with Crippen molar-refractivity contribution in [3.63, 3.8) is 0 Å². The lowest BCUT2D eigenvalue weighted by Gasteiger charge is -2.12. The molecule has 0 unspecified atom stereocenters. The quantitative estimate of drug-likeness (QED) is 0.593. The standard InChI is InChI=1S/C21H19FN2O5S/c1-28-19-11-10-17(13-20(19)29-2)23-21(25)14-4-3-5-18(12-14)30(26,27)24-16-8-6-15(22)7-9-16/h3-13,24H,1-2H3,(H,23,25). The highest BCUT2D eigenvalue weighted by atomic mass is 32.2. The van der Waals surface area contributed by atoms with Crippen LogP contribution >= 0.6 is 0 Å². The average molecular weight is 430 g/mol. The molecule has 2 N–H and O–H groups in total. The molecule has 0 radical (unpaired) electrons. The number of sulfonamides is 1. The first kappa shape index (κ1) is 21.1. The number of hydrogen-bond donors (Lipinski definition) is 2. The number of methoxy groups -OCH3 is 2. The molecule has 0 spiro atoms. The second-order valence-corrected chi connectivity index (χ2v) is 7.85. The zero-order valence-corrected chi connectivity index (χ0v) is 17.0. The molecule has 1 amide bonds. The molecule has 0 aliphatic carbocycles. The Morgan fingerprint density at radius 3 is 2.20 bits per heavy atom. The molecule has 0 aromatic heterocycles. The maximum atomic E-state index is 13.0. The maximum Gasteiger partial charge on any atom is 0.261 e. The number of amides is 1. The van der Waals surface area contributed by atoms with E-state index in [1.807, 2.05) is 0 Å². The Morgan fingerprint density at radius 2 is 1.53 bits per heavy atom. The van der Waals surface area contributed by atoms with Crippen molar-refractivity contribution >= 4 is 27.3 Å². The fourth-order valence-corrected chi connectivity index (χ4v) is 3.76. The van der Waals surface area contributed by atoms with Crippen molar-refractivity contribution in [2.75, 3.05) is 24.3 Å². The normalized spacial score (nSPS) is 10.9. The molecule has 9 heteroatoms. The molecule has 0 aliphatic heterocycles. The maximum absolute atomic E-state index is 13.0. The van der Waals surface area contributed by atoms with Crippen LogP contribution in [0.4, 0.5) is 15.8 Å². The first-order chi connectivity index (χ1) is 14.3. The number of carbonyl (C=O) groups is 1. The summed E-state index contributed by atoms with van der Waals surface area (Å²) in [6.07, 6.45) is 0. The topological polar surface area (TPSA) is 93.7 Å². The second kappa shape index (κ2) is 8.83. The van der Waals surface area contributed by atoms with Crippen LogP contribution < -0.4 is 19.5 Å². The number of nitrogens with one attached hydrogen (secondary N) is 2. The van der Waals surface area contributed by atoms with Crippen LogP contribution in [0, 0.1) is 5.82 Å². The Balaban J connectivity index is 1.80. The summed E-state index contributed by atoms with van der Waals surface area (Å²) in [5.41, 5.74) is 0.804. The predicted octanol–water partition coefficient (Wildman–Crippen LogP) is 3.90. The molecule has 3 aromatic rings. The molecule has 0 heterocycles. The summed E-state index contributed by atoms with van der Waals surface area (Å²) in [7, 11) is -0.984. The van der Waals surface area contributed by atoms with Crippen LogP contribution in [-0.2, 0) is 10.0 Å². The molecule has 3 rings (SSSR count). The van der Waals surface area contributed by atoms with Crippen LogP contribution in [0.15, 0.2) is 71.6 Å². The lowest BCUT2D eigenvalue weighted by atomic mass is 10.2. The molecule has 0 saturated heterocycles. The van der Waals surface area contributed by atoms with E-state index >= 15 is 0 Å². The van der Waals surface area contributed by atoms with Gasteiger partial charge >= 0.3 is 0 Å². The Kier molecular flexibility index (Phi) is 6.22. The van der Waals surface area contributed by atoms with Gasteiger partial charge in [-0.1, -0.05) is 6.07 Å². The third-order valence-electron chi connectivity index (χ3n) is 4.14. The molecule has 0 fully saturated rings. The van der Waals surface area contributed by atoms with Crippen LogP contribution in [0.2, 0.25) is 0 Å². The molecule has 30 heavy (non-hydrogen) atoms. The van der Waals surface area contributed by atoms with Gasteiger partial charge in [0.05, 0.1) is 19.1 Å². The van der Waals surface area contributed by atoms with Crippen molar-refractivity contribution < 1.29 is 27.1 Å². The van der Waals surface area contributed by atoms with Gasteiger partial charge in [-0.2, -0.15) is 0 Å². The summed E-state index contributed by atoms with van der Waals surface area (Å²) >= 11 is 0. The van der Waals surface area contributed by atoms with Gasteiger partial charge in [0, 0.05) is 23.0 Å². The van der Waals surface area contributed by atoms with Crippen molar-refractivity contribution in [2.45, 2.75) is 4.90 Å². The Hall–Kier alpha value is -3.59. The summed E-state index contributed by atoms with van der Waals surface area (Å²) in [6, 6.07) is 15.3. The van der Waals surface area contributed by atoms with Gasteiger partial charge in [0.2, 0.25) is 0 Å². The summed E-state index contributed by atoms with van der Waals surface area (Å²) in [4.78, 5) is 12.5. The van der Waals surface area contributed by atoms with E-state index in [1.165, 1.54) is 50.6 Å². The Morgan fingerprint density at radius 1 is 0.867 bits per heavy atom. The van der Waals surface area contributed by atoms with E-state index in [-0.39, 0.29) is 16.1 Å². The van der Waals surface area contributed by atoms with E-state index < -0.39 is 21.7 Å². The van der Waals surface area contributed by atoms with Crippen LogP contribution in [0.5, 0.6) is 11.5 Å². The van der Waals surface area contributed by atoms with Crippen LogP contribution in [0.1, 0.15) is 10.4 Å². The molecular weight excluding hydrogens is 411 g/mol. The highest BCUT2D eigenvalue weighted by molar-refractivity contribution is 7.92. The Labute approximate surface area is 173 Å². The van der Waals surface area contributed by atoms with Gasteiger partial charge in [-0.15, -0.1) is 0 Å². The molecule has 0 atom stereocenters. The fraction of sp³-hybridized carbons (Fsp3) is 0.0952. The first-order valence-corrected chi connectivity index (χ1v) is 10.2. The zero-order chi connectivity index (χ0) is 21.7. The fourth-order valence-electron chi connectivity index (χ4n) is 2.65. The van der Waals surface area contributed by atoms with Gasteiger partial charge in [0.1, 0.15) is 5.82 Å². The van der Waals surface area contributed by atoms with E-state index in [0.29, 0.717) is 17.2 Å². The number of benzene rings is 3. The van der Waals surface area contributed by atoms with E-state index in [1.54, 1.807) is 18.2 Å². The molecule has 0 aliphatic rings. The molecule has 0 saturated carbocycles. The monoisotopic (exact) mass is 430 g/mol. The summed E-state index contributed by atoms with van der Waals surface area (Å²) in [6.45, 7) is 0. The van der Waals surface area contributed by atoms with Gasteiger partial charge in [-0.3, -0.25) is 9.52 Å². The van der Waals surface area contributed by atoms with Crippen molar-refractivity contribution in [3.05, 3.63) is 78.1 Å². The number of carbonyl (C=O) groups excluding carboxylic acids is 1. The minimum atomic E-state index is -3.96. The van der Waals surface area contributed by atoms with Crippen molar-refractivity contribution in [2.24, 2.45) is 0 Å². The van der Waals surface area contributed by atoms with E-state index in [2.05, 4.69) is 10.0 Å². The van der Waals surface area contributed by atoms with Gasteiger partial charge in [-0.05, 0) is 54.6 Å². The van der Waals surface area contributed by atoms with E-state index in [4.69, 9.17) is 9.47 Å². The zero-order valence-electron chi connectivity index (χ0n) is 16.2. The second-order valence-electron chi connectivity index (χ2n) is 6.16. The highest BCUT2D eigenvalue weighted by Gasteiger charge is 2.17. The van der Waals surface area contributed by atoms with Crippen molar-refractivity contribution in [3.8, 4) is 11.5 Å². The SMILES string of the molecule is COc1ccc(NC(=O)c2cccc(S(=O)(=O)Nc3ccc(F)cc3)c2)cc1OC. The van der Waals surface area contributed by atoms with Crippen LogP contribution in [0.25, 0.3) is 0 Å². The van der Waals surface area contributed by atoms with Gasteiger partial charge < -0.3 is 14.8 Å². The first-order valence-electron chi connectivity index (χ1n) is 8.74. The van der Waals surface area contributed by atoms with Crippen molar-refractivity contribution in [1.29, 1.82) is 0 Å². The lowest BCUT2D eigenvalue weighted by Crippen LogP contribution is -2.16. The van der Waals surface area contributed by atoms with Gasteiger partial charge in [-0.25, -0.2) is 12.8 Å². The average Bonchev–Trinajstić information content (AvgIpc) is 2.75. The molecule has 0 bridgehead atoms. The minimum Gasteiger partial charge on any atom is -0.493 e. The minimum absolute atomic E-state index is 0.105. The van der Waals surface area contributed by atoms with Crippen molar-refractivity contribution in [1.82, 2.24) is 0 Å². The third kappa shape index (κ3) is 4.87. The third-order valence-corrected chi connectivity index (χ3v) is 5.52. The summed E-state index contributed by atoms with van der Waals surface area (Å²) in [5.74, 6) is -0.0292. The summed E-state index contributed by atoms with van der Waals surface area (Å²) < 4.78 is 50.9. The van der Waals surface area contributed by atoms with Gasteiger partial charge in [0.15, 0.2) is 11.5 Å². The van der Waals surface area contributed by atoms with E-state index in [0.717, 1.165) is 12.1 Å². The number of rotatable bonds is 7. The van der Waals surface area contributed by atoms with Gasteiger partial charge in [0.25, 0.3) is 15.9 Å². The molecular formula is C21H19FN2O5S. The molecule has 156 valence electrons. The number of halogens is 1.